The number of benzene rings is 1. The Kier molecular flexibility index (Phi) is 7.11. The minimum atomic E-state index is -0.316. The standard InChI is InChI=1S/C18H20FN5S/c1-13(22-11-17-16(19)4-3-9-21-17)18(25-2)24-12-23-15-7-5-14(10-20)6-8-15/h3-9,22-24H,11-12H2,1-2H3/b18-13+. The van der Waals surface area contributed by atoms with Crippen molar-refractivity contribution < 1.29 is 4.39 Å². The van der Waals surface area contributed by atoms with E-state index in [1.165, 1.54) is 6.07 Å². The molecule has 0 fully saturated rings. The van der Waals surface area contributed by atoms with Gasteiger partial charge in [0.15, 0.2) is 0 Å². The predicted molar refractivity (Wildman–Crippen MR) is 100 cm³/mol. The fraction of sp³-hybridized carbons (Fsp3) is 0.222. The number of thioether (sulfide) groups is 1. The Morgan fingerprint density at radius 1 is 1.24 bits per heavy atom. The van der Waals surface area contributed by atoms with E-state index in [2.05, 4.69) is 27.0 Å². The van der Waals surface area contributed by atoms with Gasteiger partial charge in [-0.05, 0) is 49.6 Å². The Hall–Kier alpha value is -2.72. The highest BCUT2D eigenvalue weighted by molar-refractivity contribution is 8.02. The van der Waals surface area contributed by atoms with Gasteiger partial charge in [0.05, 0.1) is 35.6 Å². The maximum atomic E-state index is 13.6. The molecular weight excluding hydrogens is 337 g/mol. The number of allylic oxidation sites excluding steroid dienone is 1. The van der Waals surface area contributed by atoms with E-state index in [9.17, 15) is 4.39 Å². The molecule has 0 aliphatic heterocycles. The largest absolute Gasteiger partial charge is 0.381 e. The van der Waals surface area contributed by atoms with Crippen molar-refractivity contribution in [2.75, 3.05) is 18.2 Å². The molecule has 2 rings (SSSR count). The van der Waals surface area contributed by atoms with Gasteiger partial charge >= 0.3 is 0 Å². The number of nitriles is 1. The number of pyridine rings is 1. The van der Waals surface area contributed by atoms with Gasteiger partial charge in [0.25, 0.3) is 0 Å². The number of aromatic nitrogens is 1. The van der Waals surface area contributed by atoms with Crippen molar-refractivity contribution in [3.8, 4) is 6.07 Å². The van der Waals surface area contributed by atoms with Crippen LogP contribution in [0.15, 0.2) is 53.3 Å². The second-order valence-electron chi connectivity index (χ2n) is 5.16. The molecule has 0 spiro atoms. The zero-order chi connectivity index (χ0) is 18.1. The highest BCUT2D eigenvalue weighted by Crippen LogP contribution is 2.13. The van der Waals surface area contributed by atoms with Crippen LogP contribution in [0.25, 0.3) is 0 Å². The van der Waals surface area contributed by atoms with Crippen LogP contribution in [0.4, 0.5) is 10.1 Å². The van der Waals surface area contributed by atoms with Crippen LogP contribution in [0, 0.1) is 17.1 Å². The first-order chi connectivity index (χ1) is 12.1. The van der Waals surface area contributed by atoms with Gasteiger partial charge in [-0.15, -0.1) is 11.8 Å². The van der Waals surface area contributed by atoms with Crippen LogP contribution in [-0.2, 0) is 6.54 Å². The maximum absolute atomic E-state index is 13.6. The van der Waals surface area contributed by atoms with E-state index in [-0.39, 0.29) is 5.82 Å². The molecule has 0 saturated heterocycles. The molecule has 0 aliphatic rings. The topological polar surface area (TPSA) is 72.8 Å². The summed E-state index contributed by atoms with van der Waals surface area (Å²) in [5.41, 5.74) is 2.86. The molecule has 3 N–H and O–H groups in total. The third-order valence-electron chi connectivity index (χ3n) is 3.46. The van der Waals surface area contributed by atoms with E-state index in [0.717, 1.165) is 16.4 Å². The van der Waals surface area contributed by atoms with Crippen molar-refractivity contribution >= 4 is 17.4 Å². The summed E-state index contributed by atoms with van der Waals surface area (Å²) < 4.78 is 13.6. The Morgan fingerprint density at radius 2 is 2.00 bits per heavy atom. The zero-order valence-corrected chi connectivity index (χ0v) is 15.0. The molecule has 1 aromatic carbocycles. The summed E-state index contributed by atoms with van der Waals surface area (Å²) in [6, 6.07) is 12.3. The lowest BCUT2D eigenvalue weighted by molar-refractivity contribution is 0.588. The second-order valence-corrected chi connectivity index (χ2v) is 5.98. The Labute approximate surface area is 151 Å². The number of nitrogens with zero attached hydrogens (tertiary/aromatic N) is 2. The molecule has 5 nitrogen and oxygen atoms in total. The summed E-state index contributed by atoms with van der Waals surface area (Å²) in [4.78, 5) is 4.03. The second kappa shape index (κ2) is 9.55. The summed E-state index contributed by atoms with van der Waals surface area (Å²) in [7, 11) is 0. The number of nitrogens with one attached hydrogen (secondary N) is 3. The molecule has 1 heterocycles. The van der Waals surface area contributed by atoms with E-state index in [1.54, 1.807) is 36.2 Å². The Bertz CT molecular complexity index is 768. The molecule has 1 aromatic heterocycles. The molecule has 25 heavy (non-hydrogen) atoms. The lowest BCUT2D eigenvalue weighted by atomic mass is 10.2. The molecule has 0 atom stereocenters. The third-order valence-corrected chi connectivity index (χ3v) is 4.31. The van der Waals surface area contributed by atoms with E-state index in [0.29, 0.717) is 24.5 Å². The number of hydrogen-bond donors (Lipinski definition) is 3. The molecule has 0 amide bonds. The van der Waals surface area contributed by atoms with Gasteiger partial charge in [-0.2, -0.15) is 5.26 Å². The smallest absolute Gasteiger partial charge is 0.146 e. The maximum Gasteiger partial charge on any atom is 0.146 e. The molecule has 2 aromatic rings. The van der Waals surface area contributed by atoms with Crippen LogP contribution < -0.4 is 16.0 Å². The number of halogens is 1. The van der Waals surface area contributed by atoms with E-state index < -0.39 is 0 Å². The zero-order valence-electron chi connectivity index (χ0n) is 14.1. The Morgan fingerprint density at radius 3 is 2.64 bits per heavy atom. The fourth-order valence-electron chi connectivity index (χ4n) is 2.09. The third kappa shape index (κ3) is 5.69. The quantitative estimate of drug-likeness (QED) is 0.629. The van der Waals surface area contributed by atoms with Crippen molar-refractivity contribution in [2.24, 2.45) is 0 Å². The Balaban J connectivity index is 1.87. The molecule has 0 bridgehead atoms. The molecule has 130 valence electrons. The highest BCUT2D eigenvalue weighted by Gasteiger charge is 2.05. The van der Waals surface area contributed by atoms with Crippen molar-refractivity contribution in [1.82, 2.24) is 15.6 Å². The van der Waals surface area contributed by atoms with Crippen LogP contribution in [0.3, 0.4) is 0 Å². The lowest BCUT2D eigenvalue weighted by Crippen LogP contribution is -2.24. The first kappa shape index (κ1) is 18.6. The SMILES string of the molecule is CS/C(NCNc1ccc(C#N)cc1)=C(\C)NCc1ncccc1F. The summed E-state index contributed by atoms with van der Waals surface area (Å²) in [5, 5.41) is 19.5. The average molecular weight is 357 g/mol. The molecule has 0 unspecified atom stereocenters. The molecule has 0 aliphatic carbocycles. The monoisotopic (exact) mass is 357 g/mol. The lowest BCUT2D eigenvalue weighted by Gasteiger charge is -2.15. The van der Waals surface area contributed by atoms with Crippen molar-refractivity contribution in [2.45, 2.75) is 13.5 Å². The van der Waals surface area contributed by atoms with Gasteiger partial charge in [-0.3, -0.25) is 4.98 Å². The van der Waals surface area contributed by atoms with E-state index >= 15 is 0 Å². The van der Waals surface area contributed by atoms with Crippen LogP contribution in [0.5, 0.6) is 0 Å². The van der Waals surface area contributed by atoms with Gasteiger partial charge in [0.1, 0.15) is 5.82 Å². The van der Waals surface area contributed by atoms with Crippen molar-refractivity contribution in [3.05, 3.63) is 70.4 Å². The molecule has 7 heteroatoms. The number of anilines is 1. The van der Waals surface area contributed by atoms with Gasteiger partial charge in [0, 0.05) is 17.6 Å². The van der Waals surface area contributed by atoms with Crippen molar-refractivity contribution in [1.29, 1.82) is 5.26 Å². The fourth-order valence-corrected chi connectivity index (χ4v) is 2.69. The van der Waals surface area contributed by atoms with Crippen LogP contribution in [0.2, 0.25) is 0 Å². The van der Waals surface area contributed by atoms with Crippen LogP contribution in [0.1, 0.15) is 18.2 Å². The van der Waals surface area contributed by atoms with E-state index in [1.807, 2.05) is 25.3 Å². The number of hydrogen-bond acceptors (Lipinski definition) is 6. The molecule has 0 radical (unpaired) electrons. The normalized spacial score (nSPS) is 11.3. The summed E-state index contributed by atoms with van der Waals surface area (Å²) in [6.07, 6.45) is 3.55. The van der Waals surface area contributed by atoms with Crippen LogP contribution >= 0.6 is 11.8 Å². The van der Waals surface area contributed by atoms with E-state index in [4.69, 9.17) is 5.26 Å². The minimum Gasteiger partial charge on any atom is -0.381 e. The van der Waals surface area contributed by atoms with Crippen molar-refractivity contribution in [3.63, 3.8) is 0 Å². The first-order valence-electron chi connectivity index (χ1n) is 7.70. The summed E-state index contributed by atoms with van der Waals surface area (Å²) >= 11 is 1.57. The minimum absolute atomic E-state index is 0.316. The van der Waals surface area contributed by atoms with Gasteiger partial charge in [0.2, 0.25) is 0 Å². The van der Waals surface area contributed by atoms with Gasteiger partial charge in [-0.1, -0.05) is 0 Å². The van der Waals surface area contributed by atoms with Gasteiger partial charge < -0.3 is 16.0 Å². The first-order valence-corrected chi connectivity index (χ1v) is 8.92. The molecular formula is C18H20FN5S. The number of rotatable bonds is 8. The summed E-state index contributed by atoms with van der Waals surface area (Å²) in [5.74, 6) is -0.316. The summed E-state index contributed by atoms with van der Waals surface area (Å²) in [6.45, 7) is 2.79. The van der Waals surface area contributed by atoms with Crippen LogP contribution in [-0.4, -0.2) is 17.9 Å². The predicted octanol–water partition coefficient (Wildman–Crippen LogP) is 3.39. The highest BCUT2D eigenvalue weighted by atomic mass is 32.2. The molecule has 0 saturated carbocycles. The van der Waals surface area contributed by atoms with Gasteiger partial charge in [-0.25, -0.2) is 4.39 Å². The average Bonchev–Trinajstić information content (AvgIpc) is 2.65.